The molecule has 0 fully saturated rings. The maximum Gasteiger partial charge on any atom is 0.287 e. The van der Waals surface area contributed by atoms with Crippen LogP contribution in [0.15, 0.2) is 52.5 Å². The minimum atomic E-state index is -0.237. The number of nitrogens with zero attached hydrogens (tertiary/aromatic N) is 1. The van der Waals surface area contributed by atoms with Crippen LogP contribution in [-0.4, -0.2) is 17.4 Å². The van der Waals surface area contributed by atoms with Gasteiger partial charge in [-0.2, -0.15) is 0 Å². The van der Waals surface area contributed by atoms with Crippen molar-refractivity contribution in [3.8, 4) is 5.75 Å². The number of carbonyl (C=O) groups excluding carboxylic acids is 1. The van der Waals surface area contributed by atoms with E-state index < -0.39 is 0 Å². The molecule has 0 atom stereocenters. The molecule has 1 N–H and O–H groups in total. The Morgan fingerprint density at radius 1 is 1.29 bits per heavy atom. The first-order valence-electron chi connectivity index (χ1n) is 7.66. The summed E-state index contributed by atoms with van der Waals surface area (Å²) in [5.41, 5.74) is 1.71. The molecule has 24 heavy (non-hydrogen) atoms. The van der Waals surface area contributed by atoms with E-state index in [9.17, 15) is 4.79 Å². The third-order valence-electron chi connectivity index (χ3n) is 3.42. The van der Waals surface area contributed by atoms with Crippen molar-refractivity contribution in [1.82, 2.24) is 10.3 Å². The van der Waals surface area contributed by atoms with Gasteiger partial charge in [0.25, 0.3) is 5.91 Å². The van der Waals surface area contributed by atoms with E-state index in [0.29, 0.717) is 18.7 Å². The van der Waals surface area contributed by atoms with Crippen molar-refractivity contribution in [3.63, 3.8) is 0 Å². The number of benzene rings is 1. The van der Waals surface area contributed by atoms with Gasteiger partial charge >= 0.3 is 0 Å². The Balaban J connectivity index is 1.52. The molecule has 0 aliphatic heterocycles. The van der Waals surface area contributed by atoms with Crippen molar-refractivity contribution in [2.24, 2.45) is 0 Å². The monoisotopic (exact) mass is 342 g/mol. The smallest absolute Gasteiger partial charge is 0.287 e. The highest BCUT2D eigenvalue weighted by Crippen LogP contribution is 2.16. The lowest BCUT2D eigenvalue weighted by Gasteiger charge is -2.07. The molecule has 2 heterocycles. The van der Waals surface area contributed by atoms with Crippen molar-refractivity contribution in [3.05, 3.63) is 70.1 Å². The fourth-order valence-corrected chi connectivity index (χ4v) is 2.88. The number of para-hydroxylation sites is 1. The molecule has 3 aromatic rings. The third-order valence-corrected chi connectivity index (χ3v) is 4.25. The second kappa shape index (κ2) is 7.79. The number of hydrogen-bond acceptors (Lipinski definition) is 5. The Kier molecular flexibility index (Phi) is 5.28. The van der Waals surface area contributed by atoms with E-state index >= 15 is 0 Å². The molecule has 1 amide bonds. The van der Waals surface area contributed by atoms with Crippen LogP contribution in [0, 0.1) is 6.92 Å². The van der Waals surface area contributed by atoms with Gasteiger partial charge in [0.15, 0.2) is 5.76 Å². The highest BCUT2D eigenvalue weighted by atomic mass is 32.1. The maximum atomic E-state index is 12.3. The Labute approximate surface area is 144 Å². The van der Waals surface area contributed by atoms with Crippen LogP contribution >= 0.6 is 11.3 Å². The van der Waals surface area contributed by atoms with Crippen molar-refractivity contribution in [2.45, 2.75) is 20.0 Å². The molecule has 3 rings (SSSR count). The van der Waals surface area contributed by atoms with Gasteiger partial charge in [0, 0.05) is 23.9 Å². The predicted molar refractivity (Wildman–Crippen MR) is 92.4 cm³/mol. The van der Waals surface area contributed by atoms with E-state index in [4.69, 9.17) is 9.15 Å². The molecule has 0 aliphatic carbocycles. The van der Waals surface area contributed by atoms with E-state index in [1.54, 1.807) is 17.4 Å². The predicted octanol–water partition coefficient (Wildman–Crippen LogP) is 3.60. The Morgan fingerprint density at radius 2 is 2.12 bits per heavy atom. The minimum absolute atomic E-state index is 0.237. The Hall–Kier alpha value is -2.60. The van der Waals surface area contributed by atoms with Crippen LogP contribution in [0.4, 0.5) is 0 Å². The van der Waals surface area contributed by atoms with Crippen molar-refractivity contribution in [1.29, 1.82) is 0 Å². The molecule has 124 valence electrons. The average molecular weight is 342 g/mol. The van der Waals surface area contributed by atoms with Crippen LogP contribution in [0.5, 0.6) is 5.75 Å². The lowest BCUT2D eigenvalue weighted by atomic mass is 10.2. The summed E-state index contributed by atoms with van der Waals surface area (Å²) in [6.07, 6.45) is 2.20. The molecule has 0 spiro atoms. The van der Waals surface area contributed by atoms with Crippen molar-refractivity contribution >= 4 is 17.2 Å². The molecule has 1 aromatic carbocycles. The van der Waals surface area contributed by atoms with Crippen molar-refractivity contribution in [2.75, 3.05) is 6.54 Å². The van der Waals surface area contributed by atoms with E-state index in [2.05, 4.69) is 10.3 Å². The van der Waals surface area contributed by atoms with Gasteiger partial charge in [-0.1, -0.05) is 18.2 Å². The molecular formula is C18H18N2O3S. The molecule has 6 heteroatoms. The zero-order valence-electron chi connectivity index (χ0n) is 13.3. The van der Waals surface area contributed by atoms with Gasteiger partial charge in [-0.3, -0.25) is 4.79 Å². The summed E-state index contributed by atoms with van der Waals surface area (Å²) in [5.74, 6) is 0.808. The van der Waals surface area contributed by atoms with E-state index in [1.807, 2.05) is 42.6 Å². The summed E-state index contributed by atoms with van der Waals surface area (Å²) in [5, 5.41) is 5.90. The topological polar surface area (TPSA) is 64.4 Å². The van der Waals surface area contributed by atoms with Crippen LogP contribution in [0.1, 0.15) is 26.8 Å². The zero-order valence-corrected chi connectivity index (χ0v) is 14.1. The van der Waals surface area contributed by atoms with Gasteiger partial charge in [-0.25, -0.2) is 4.98 Å². The number of rotatable bonds is 7. The zero-order chi connectivity index (χ0) is 16.8. The van der Waals surface area contributed by atoms with E-state index in [0.717, 1.165) is 22.0 Å². The van der Waals surface area contributed by atoms with Crippen LogP contribution in [0.3, 0.4) is 0 Å². The largest absolute Gasteiger partial charge is 0.489 e. The summed E-state index contributed by atoms with van der Waals surface area (Å²) >= 11 is 1.61. The molecule has 0 radical (unpaired) electrons. The van der Waals surface area contributed by atoms with Crippen LogP contribution < -0.4 is 10.1 Å². The lowest BCUT2D eigenvalue weighted by Crippen LogP contribution is -2.26. The van der Waals surface area contributed by atoms with Crippen LogP contribution in [0.2, 0.25) is 0 Å². The first kappa shape index (κ1) is 16.3. The number of aryl methyl sites for hydroxylation is 1. The summed E-state index contributed by atoms with van der Waals surface area (Å²) in [6.45, 7) is 2.77. The number of hydrogen-bond donors (Lipinski definition) is 1. The molecule has 0 unspecified atom stereocenters. The Morgan fingerprint density at radius 3 is 2.88 bits per heavy atom. The fourth-order valence-electron chi connectivity index (χ4n) is 2.23. The molecule has 0 aliphatic rings. The number of aromatic nitrogens is 1. The summed E-state index contributed by atoms with van der Waals surface area (Å²) < 4.78 is 11.0. The highest BCUT2D eigenvalue weighted by Gasteiger charge is 2.15. The second-order valence-electron chi connectivity index (χ2n) is 5.24. The normalized spacial score (nSPS) is 10.5. The third kappa shape index (κ3) is 4.23. The summed E-state index contributed by atoms with van der Waals surface area (Å²) in [4.78, 5) is 16.6. The quantitative estimate of drug-likeness (QED) is 0.712. The summed E-state index contributed by atoms with van der Waals surface area (Å²) in [7, 11) is 0. The number of carbonyl (C=O) groups is 1. The number of ether oxygens (including phenoxy) is 1. The van der Waals surface area contributed by atoms with Gasteiger partial charge in [-0.05, 0) is 25.1 Å². The molecule has 0 bridgehead atoms. The first-order chi connectivity index (χ1) is 11.7. The van der Waals surface area contributed by atoms with Gasteiger partial charge in [0.1, 0.15) is 12.4 Å². The minimum Gasteiger partial charge on any atom is -0.489 e. The maximum absolute atomic E-state index is 12.3. The van der Waals surface area contributed by atoms with Gasteiger partial charge in [0.05, 0.1) is 17.0 Å². The first-order valence-corrected chi connectivity index (χ1v) is 8.54. The highest BCUT2D eigenvalue weighted by molar-refractivity contribution is 7.09. The van der Waals surface area contributed by atoms with Crippen LogP contribution in [0.25, 0.3) is 0 Å². The number of furan rings is 1. The number of thiazole rings is 1. The van der Waals surface area contributed by atoms with Gasteiger partial charge < -0.3 is 14.5 Å². The molecular weight excluding hydrogens is 324 g/mol. The van der Waals surface area contributed by atoms with Gasteiger partial charge in [-0.15, -0.1) is 11.3 Å². The fraction of sp³-hybridized carbons (Fsp3) is 0.222. The Bertz CT molecular complexity index is 795. The molecule has 2 aromatic heterocycles. The van der Waals surface area contributed by atoms with Crippen LogP contribution in [-0.2, 0) is 13.0 Å². The standard InChI is InChI=1S/C18H18N2O3S/c1-13-20-15(12-24-13)7-9-19-18(21)17-14(8-10-22-17)11-23-16-5-3-2-4-6-16/h2-6,8,10,12H,7,9,11H2,1H3,(H,19,21). The lowest BCUT2D eigenvalue weighted by molar-refractivity contribution is 0.0923. The van der Waals surface area contributed by atoms with Gasteiger partial charge in [0.2, 0.25) is 0 Å². The average Bonchev–Trinajstić information content (AvgIpc) is 3.23. The molecule has 5 nitrogen and oxygen atoms in total. The summed E-state index contributed by atoms with van der Waals surface area (Å²) in [6, 6.07) is 11.2. The van der Waals surface area contributed by atoms with E-state index in [-0.39, 0.29) is 12.5 Å². The van der Waals surface area contributed by atoms with E-state index in [1.165, 1.54) is 6.26 Å². The number of amides is 1. The van der Waals surface area contributed by atoms with Crippen molar-refractivity contribution < 1.29 is 13.9 Å². The SMILES string of the molecule is Cc1nc(CCNC(=O)c2occc2COc2ccccc2)cs1. The second-order valence-corrected chi connectivity index (χ2v) is 6.30. The molecule has 0 saturated heterocycles. The molecule has 0 saturated carbocycles. The number of nitrogens with one attached hydrogen (secondary N) is 1.